The van der Waals surface area contributed by atoms with Crippen molar-refractivity contribution in [1.29, 1.82) is 0 Å². The van der Waals surface area contributed by atoms with Crippen molar-refractivity contribution in [3.05, 3.63) is 25.3 Å². The molecule has 0 aliphatic rings. The van der Waals surface area contributed by atoms with Gasteiger partial charge in [-0.3, -0.25) is 0 Å². The van der Waals surface area contributed by atoms with Gasteiger partial charge in [0.05, 0.1) is 5.88 Å². The number of esters is 2. The zero-order chi connectivity index (χ0) is 11.9. The summed E-state index contributed by atoms with van der Waals surface area (Å²) in [6.45, 7) is 5.72. The summed E-state index contributed by atoms with van der Waals surface area (Å²) in [6, 6.07) is 0. The molecule has 1 N–H and O–H groups in total. The maximum Gasteiger partial charge on any atom is 0.332 e. The Morgan fingerprint density at radius 1 is 1.33 bits per heavy atom. The molecule has 0 aliphatic heterocycles. The van der Waals surface area contributed by atoms with Crippen molar-refractivity contribution in [3.63, 3.8) is 0 Å². The van der Waals surface area contributed by atoms with Gasteiger partial charge in [0.25, 0.3) is 5.79 Å². The minimum absolute atomic E-state index is 0.434. The summed E-state index contributed by atoms with van der Waals surface area (Å²) >= 11 is 5.36. The van der Waals surface area contributed by atoms with E-state index in [2.05, 4.69) is 22.6 Å². The monoisotopic (exact) mass is 234 g/mol. The summed E-state index contributed by atoms with van der Waals surface area (Å²) < 4.78 is 8.98. The van der Waals surface area contributed by atoms with Gasteiger partial charge in [-0.25, -0.2) is 9.59 Å². The lowest BCUT2D eigenvalue weighted by Gasteiger charge is -2.23. The van der Waals surface area contributed by atoms with Crippen LogP contribution < -0.4 is 0 Å². The molecule has 0 bridgehead atoms. The molecule has 0 rings (SSSR count). The number of halogens is 1. The summed E-state index contributed by atoms with van der Waals surface area (Å²) in [4.78, 5) is 21.5. The van der Waals surface area contributed by atoms with Crippen LogP contribution >= 0.6 is 11.6 Å². The van der Waals surface area contributed by atoms with Crippen LogP contribution in [0.4, 0.5) is 0 Å². The fourth-order valence-electron chi connectivity index (χ4n) is 0.567. The van der Waals surface area contributed by atoms with Crippen molar-refractivity contribution in [3.8, 4) is 0 Å². The van der Waals surface area contributed by atoms with Gasteiger partial charge in [0.2, 0.25) is 0 Å². The van der Waals surface area contributed by atoms with Crippen molar-refractivity contribution >= 4 is 23.5 Å². The predicted molar refractivity (Wildman–Crippen MR) is 53.1 cm³/mol. The zero-order valence-corrected chi connectivity index (χ0v) is 8.70. The van der Waals surface area contributed by atoms with Gasteiger partial charge in [-0.05, 0) is 0 Å². The maximum atomic E-state index is 10.8. The first-order valence-corrected chi connectivity index (χ1v) is 4.44. The predicted octanol–water partition coefficient (Wildman–Crippen LogP) is 0.372. The van der Waals surface area contributed by atoms with Gasteiger partial charge in [-0.1, -0.05) is 13.2 Å². The van der Waals surface area contributed by atoms with Gasteiger partial charge in [0.1, 0.15) is 0 Å². The SMILES string of the molecule is C=CC(=O)OCC(O)(CCl)OC(=O)C=C. The number of alkyl halides is 1. The van der Waals surface area contributed by atoms with Gasteiger partial charge in [-0.2, -0.15) is 0 Å². The highest BCUT2D eigenvalue weighted by molar-refractivity contribution is 6.18. The molecule has 84 valence electrons. The number of carbonyl (C=O) groups excluding carboxylic acids is 2. The lowest BCUT2D eigenvalue weighted by atomic mass is 10.3. The maximum absolute atomic E-state index is 10.8. The molecule has 6 heteroatoms. The Balaban J connectivity index is 4.29. The van der Waals surface area contributed by atoms with Gasteiger partial charge in [0, 0.05) is 12.2 Å². The summed E-state index contributed by atoms with van der Waals surface area (Å²) in [7, 11) is 0. The number of hydrogen-bond acceptors (Lipinski definition) is 5. The van der Waals surface area contributed by atoms with Crippen LogP contribution in [0.15, 0.2) is 25.3 Å². The van der Waals surface area contributed by atoms with Crippen LogP contribution in [-0.4, -0.2) is 35.3 Å². The third-order valence-corrected chi connectivity index (χ3v) is 1.69. The van der Waals surface area contributed by atoms with Gasteiger partial charge < -0.3 is 14.6 Å². The molecule has 0 aromatic rings. The van der Waals surface area contributed by atoms with Crippen molar-refractivity contribution in [2.75, 3.05) is 12.5 Å². The molecule has 0 radical (unpaired) electrons. The van der Waals surface area contributed by atoms with E-state index in [-0.39, 0.29) is 0 Å². The van der Waals surface area contributed by atoms with Crippen molar-refractivity contribution in [1.82, 2.24) is 0 Å². The molecule has 0 saturated heterocycles. The van der Waals surface area contributed by atoms with E-state index in [4.69, 9.17) is 11.6 Å². The van der Waals surface area contributed by atoms with E-state index in [1.54, 1.807) is 0 Å². The molecular formula is C9H11ClO5. The number of hydrogen-bond donors (Lipinski definition) is 1. The van der Waals surface area contributed by atoms with Crippen molar-refractivity contribution in [2.45, 2.75) is 5.79 Å². The Labute approximate surface area is 91.9 Å². The van der Waals surface area contributed by atoms with Crippen molar-refractivity contribution in [2.24, 2.45) is 0 Å². The second-order valence-corrected chi connectivity index (χ2v) is 2.78. The molecule has 0 saturated carbocycles. The third kappa shape index (κ3) is 5.19. The number of rotatable bonds is 6. The fraction of sp³-hybridized carbons (Fsp3) is 0.333. The first-order chi connectivity index (χ1) is 6.97. The average Bonchev–Trinajstić information content (AvgIpc) is 2.25. The molecular weight excluding hydrogens is 224 g/mol. The van der Waals surface area contributed by atoms with E-state index in [1.165, 1.54) is 0 Å². The van der Waals surface area contributed by atoms with Crippen LogP contribution in [0.2, 0.25) is 0 Å². The highest BCUT2D eigenvalue weighted by Crippen LogP contribution is 2.11. The smallest absolute Gasteiger partial charge is 0.332 e. The lowest BCUT2D eigenvalue weighted by Crippen LogP contribution is -2.42. The molecule has 5 nitrogen and oxygen atoms in total. The van der Waals surface area contributed by atoms with Gasteiger partial charge >= 0.3 is 11.9 Å². The first kappa shape index (κ1) is 13.7. The lowest BCUT2D eigenvalue weighted by molar-refractivity contribution is -0.213. The Kier molecular flexibility index (Phi) is 5.66. The van der Waals surface area contributed by atoms with Crippen LogP contribution in [0, 0.1) is 0 Å². The van der Waals surface area contributed by atoms with Crippen LogP contribution in [0.1, 0.15) is 0 Å². The van der Waals surface area contributed by atoms with E-state index < -0.39 is 30.2 Å². The van der Waals surface area contributed by atoms with Gasteiger partial charge in [0.15, 0.2) is 6.61 Å². The van der Waals surface area contributed by atoms with Crippen LogP contribution in [0.3, 0.4) is 0 Å². The number of aliphatic hydroxyl groups is 1. The standard InChI is InChI=1S/C9H11ClO5/c1-3-7(11)14-6-9(13,5-10)15-8(12)4-2/h3-4,13H,1-2,5-6H2. The molecule has 0 aromatic heterocycles. The van der Waals surface area contributed by atoms with E-state index in [9.17, 15) is 14.7 Å². The Morgan fingerprint density at radius 2 is 1.87 bits per heavy atom. The second kappa shape index (κ2) is 6.21. The number of ether oxygens (including phenoxy) is 2. The highest BCUT2D eigenvalue weighted by Gasteiger charge is 2.31. The van der Waals surface area contributed by atoms with E-state index in [0.717, 1.165) is 12.2 Å². The number of carbonyl (C=O) groups is 2. The molecule has 0 spiro atoms. The van der Waals surface area contributed by atoms with Crippen LogP contribution in [0.5, 0.6) is 0 Å². The van der Waals surface area contributed by atoms with Crippen molar-refractivity contribution < 1.29 is 24.2 Å². The Bertz CT molecular complexity index is 276. The topological polar surface area (TPSA) is 72.8 Å². The van der Waals surface area contributed by atoms with E-state index in [1.807, 2.05) is 0 Å². The molecule has 0 aliphatic carbocycles. The molecule has 15 heavy (non-hydrogen) atoms. The minimum Gasteiger partial charge on any atom is -0.455 e. The second-order valence-electron chi connectivity index (χ2n) is 2.52. The summed E-state index contributed by atoms with van der Waals surface area (Å²) in [5.41, 5.74) is 0. The molecule has 0 aromatic carbocycles. The van der Waals surface area contributed by atoms with E-state index >= 15 is 0 Å². The zero-order valence-electron chi connectivity index (χ0n) is 7.94. The molecule has 1 atom stereocenters. The van der Waals surface area contributed by atoms with Crippen LogP contribution in [-0.2, 0) is 19.1 Å². The van der Waals surface area contributed by atoms with Crippen LogP contribution in [0.25, 0.3) is 0 Å². The molecule has 0 fully saturated rings. The summed E-state index contributed by atoms with van der Waals surface area (Å²) in [6.07, 6.45) is 1.76. The molecule has 0 heterocycles. The highest BCUT2D eigenvalue weighted by atomic mass is 35.5. The summed E-state index contributed by atoms with van der Waals surface area (Å²) in [5, 5.41) is 9.53. The van der Waals surface area contributed by atoms with E-state index in [0.29, 0.717) is 0 Å². The summed E-state index contributed by atoms with van der Waals surface area (Å²) in [5.74, 6) is -4.11. The molecule has 0 amide bonds. The first-order valence-electron chi connectivity index (χ1n) is 3.90. The largest absolute Gasteiger partial charge is 0.455 e. The Morgan fingerprint density at radius 3 is 2.27 bits per heavy atom. The van der Waals surface area contributed by atoms with Gasteiger partial charge in [-0.15, -0.1) is 11.6 Å². The average molecular weight is 235 g/mol. The minimum atomic E-state index is -2.05. The Hall–Kier alpha value is -1.33. The fourth-order valence-corrected chi connectivity index (χ4v) is 0.699. The third-order valence-electron chi connectivity index (χ3n) is 1.27. The quantitative estimate of drug-likeness (QED) is 0.311. The normalized spacial score (nSPS) is 13.5. The molecule has 1 unspecified atom stereocenters.